The van der Waals surface area contributed by atoms with E-state index in [-0.39, 0.29) is 29.5 Å². The van der Waals surface area contributed by atoms with E-state index in [0.29, 0.717) is 6.61 Å². The first-order valence-corrected chi connectivity index (χ1v) is 6.21. The Kier molecular flexibility index (Phi) is 5.57. The van der Waals surface area contributed by atoms with Gasteiger partial charge in [0.05, 0.1) is 16.6 Å². The van der Waals surface area contributed by atoms with Crippen LogP contribution in [0.1, 0.15) is 29.8 Å². The number of benzene rings is 1. The summed E-state index contributed by atoms with van der Waals surface area (Å²) in [7, 11) is 0. The molecule has 1 aromatic carbocycles. The van der Waals surface area contributed by atoms with E-state index in [1.54, 1.807) is 6.92 Å². The molecule has 0 saturated heterocycles. The number of carbonyl (C=O) groups excluding carboxylic acids is 1. The van der Waals surface area contributed by atoms with Crippen molar-refractivity contribution in [3.63, 3.8) is 0 Å². The van der Waals surface area contributed by atoms with Gasteiger partial charge in [0.2, 0.25) is 0 Å². The van der Waals surface area contributed by atoms with Crippen LogP contribution in [0, 0.1) is 22.9 Å². The highest BCUT2D eigenvalue weighted by Crippen LogP contribution is 2.20. The number of non-ortho nitro benzene ring substituents is 1. The van der Waals surface area contributed by atoms with Gasteiger partial charge in [-0.15, -0.1) is 0 Å². The van der Waals surface area contributed by atoms with Gasteiger partial charge >= 0.3 is 0 Å². The van der Waals surface area contributed by atoms with E-state index in [9.17, 15) is 19.3 Å². The van der Waals surface area contributed by atoms with Crippen LogP contribution < -0.4 is 5.32 Å². The van der Waals surface area contributed by atoms with Crippen molar-refractivity contribution in [2.24, 2.45) is 0 Å². The minimum Gasteiger partial charge on any atom is -0.377 e. The smallest absolute Gasteiger partial charge is 0.270 e. The minimum atomic E-state index is -0.753. The first kappa shape index (κ1) is 16.0. The van der Waals surface area contributed by atoms with Gasteiger partial charge in [-0.1, -0.05) is 0 Å². The summed E-state index contributed by atoms with van der Waals surface area (Å²) >= 11 is 0. The quantitative estimate of drug-likeness (QED) is 0.641. The highest BCUT2D eigenvalue weighted by Gasteiger charge is 2.19. The molecule has 1 aromatic rings. The predicted octanol–water partition coefficient (Wildman–Crippen LogP) is 2.20. The molecule has 0 aliphatic carbocycles. The first-order chi connectivity index (χ1) is 9.36. The Labute approximate surface area is 116 Å². The lowest BCUT2D eigenvalue weighted by atomic mass is 10.1. The number of hydrogen-bond donors (Lipinski definition) is 1. The molecule has 1 unspecified atom stereocenters. The molecule has 0 bridgehead atoms. The molecule has 0 saturated carbocycles. The van der Waals surface area contributed by atoms with E-state index in [1.165, 1.54) is 6.92 Å². The molecule has 0 heterocycles. The lowest BCUT2D eigenvalue weighted by Crippen LogP contribution is -2.32. The molecular formula is C13H17FN2O4. The lowest BCUT2D eigenvalue weighted by molar-refractivity contribution is -0.385. The van der Waals surface area contributed by atoms with Gasteiger partial charge < -0.3 is 10.1 Å². The summed E-state index contributed by atoms with van der Waals surface area (Å²) in [6.07, 6.45) is -0.216. The van der Waals surface area contributed by atoms with Crippen molar-refractivity contribution >= 4 is 11.6 Å². The molecular weight excluding hydrogens is 267 g/mol. The number of nitro benzene ring substituents is 1. The van der Waals surface area contributed by atoms with E-state index in [0.717, 1.165) is 12.1 Å². The fourth-order valence-corrected chi connectivity index (χ4v) is 1.70. The third-order valence-corrected chi connectivity index (χ3v) is 2.70. The third-order valence-electron chi connectivity index (χ3n) is 2.70. The van der Waals surface area contributed by atoms with Gasteiger partial charge in [-0.3, -0.25) is 14.9 Å². The Balaban J connectivity index is 2.89. The summed E-state index contributed by atoms with van der Waals surface area (Å²) in [4.78, 5) is 21.9. The number of amides is 1. The van der Waals surface area contributed by atoms with Crippen LogP contribution in [0.25, 0.3) is 0 Å². The van der Waals surface area contributed by atoms with Crippen LogP contribution in [0.3, 0.4) is 0 Å². The topological polar surface area (TPSA) is 81.5 Å². The number of aryl methyl sites for hydroxylation is 1. The zero-order chi connectivity index (χ0) is 15.3. The number of halogens is 1. The number of carbonyl (C=O) groups is 1. The van der Waals surface area contributed by atoms with Crippen LogP contribution in [0.15, 0.2) is 12.1 Å². The van der Waals surface area contributed by atoms with Crippen molar-refractivity contribution in [1.82, 2.24) is 5.32 Å². The molecule has 0 spiro atoms. The molecule has 0 aromatic heterocycles. The molecule has 0 aliphatic rings. The maximum Gasteiger partial charge on any atom is 0.270 e. The second-order valence-electron chi connectivity index (χ2n) is 4.36. The number of hydrogen-bond acceptors (Lipinski definition) is 4. The molecule has 1 N–H and O–H groups in total. The van der Waals surface area contributed by atoms with Crippen LogP contribution in [-0.4, -0.2) is 30.1 Å². The van der Waals surface area contributed by atoms with Crippen molar-refractivity contribution in [2.75, 3.05) is 13.2 Å². The number of ether oxygens (including phenoxy) is 1. The maximum atomic E-state index is 13.9. The Morgan fingerprint density at radius 1 is 1.55 bits per heavy atom. The number of rotatable bonds is 6. The summed E-state index contributed by atoms with van der Waals surface area (Å²) in [5, 5.41) is 13.2. The number of nitrogens with one attached hydrogen (secondary N) is 1. The van der Waals surface area contributed by atoms with E-state index in [1.807, 2.05) is 6.92 Å². The van der Waals surface area contributed by atoms with E-state index >= 15 is 0 Å². The summed E-state index contributed by atoms with van der Waals surface area (Å²) in [6, 6.07) is 2.03. The molecule has 0 aliphatic heterocycles. The second kappa shape index (κ2) is 6.95. The molecule has 7 heteroatoms. The van der Waals surface area contributed by atoms with Crippen LogP contribution in [-0.2, 0) is 4.74 Å². The van der Waals surface area contributed by atoms with Crippen molar-refractivity contribution in [3.05, 3.63) is 39.2 Å². The van der Waals surface area contributed by atoms with Gasteiger partial charge in [-0.25, -0.2) is 4.39 Å². The van der Waals surface area contributed by atoms with Crippen LogP contribution in [0.4, 0.5) is 10.1 Å². The summed E-state index contributed by atoms with van der Waals surface area (Å²) < 4.78 is 19.1. The fraction of sp³-hybridized carbons (Fsp3) is 0.462. The SMILES string of the molecule is CCOC(C)CNC(=O)c1cc([N+](=O)[O-])cc(C)c1F. The Bertz CT molecular complexity index is 519. The summed E-state index contributed by atoms with van der Waals surface area (Å²) in [5.74, 6) is -1.45. The van der Waals surface area contributed by atoms with Crippen LogP contribution in [0.5, 0.6) is 0 Å². The molecule has 20 heavy (non-hydrogen) atoms. The normalized spacial score (nSPS) is 12.0. The van der Waals surface area contributed by atoms with Crippen LogP contribution in [0.2, 0.25) is 0 Å². The average molecular weight is 284 g/mol. The standard InChI is InChI=1S/C13H17FN2O4/c1-4-20-9(3)7-15-13(17)11-6-10(16(18)19)5-8(2)12(11)14/h5-6,9H,4,7H2,1-3H3,(H,15,17). The molecule has 1 rings (SSSR count). The van der Waals surface area contributed by atoms with Crippen LogP contribution >= 0.6 is 0 Å². The zero-order valence-corrected chi connectivity index (χ0v) is 11.6. The van der Waals surface area contributed by atoms with Gasteiger partial charge in [0, 0.05) is 25.3 Å². The number of nitro groups is 1. The van der Waals surface area contributed by atoms with Crippen molar-refractivity contribution < 1.29 is 18.8 Å². The Morgan fingerprint density at radius 2 is 2.20 bits per heavy atom. The van der Waals surface area contributed by atoms with E-state index < -0.39 is 16.6 Å². The molecule has 1 atom stereocenters. The average Bonchev–Trinajstić information content (AvgIpc) is 2.39. The van der Waals surface area contributed by atoms with Gasteiger partial charge in [-0.2, -0.15) is 0 Å². The highest BCUT2D eigenvalue weighted by atomic mass is 19.1. The van der Waals surface area contributed by atoms with Gasteiger partial charge in [0.15, 0.2) is 0 Å². The van der Waals surface area contributed by atoms with Gasteiger partial charge in [0.25, 0.3) is 11.6 Å². The first-order valence-electron chi connectivity index (χ1n) is 6.21. The Hall–Kier alpha value is -2.02. The van der Waals surface area contributed by atoms with Crippen molar-refractivity contribution in [3.8, 4) is 0 Å². The predicted molar refractivity (Wildman–Crippen MR) is 71.2 cm³/mol. The molecule has 6 nitrogen and oxygen atoms in total. The third kappa shape index (κ3) is 3.99. The largest absolute Gasteiger partial charge is 0.377 e. The van der Waals surface area contributed by atoms with Gasteiger partial charge in [0.1, 0.15) is 5.82 Å². The molecule has 0 fully saturated rings. The van der Waals surface area contributed by atoms with Gasteiger partial charge in [-0.05, 0) is 26.3 Å². The van der Waals surface area contributed by atoms with E-state index in [4.69, 9.17) is 4.74 Å². The highest BCUT2D eigenvalue weighted by molar-refractivity contribution is 5.95. The molecule has 1 amide bonds. The summed E-state index contributed by atoms with van der Waals surface area (Å²) in [5.41, 5.74) is -0.588. The minimum absolute atomic E-state index is 0.0576. The fourth-order valence-electron chi connectivity index (χ4n) is 1.70. The van der Waals surface area contributed by atoms with E-state index in [2.05, 4.69) is 5.32 Å². The van der Waals surface area contributed by atoms with Crippen molar-refractivity contribution in [1.29, 1.82) is 0 Å². The van der Waals surface area contributed by atoms with Crippen molar-refractivity contribution in [2.45, 2.75) is 26.9 Å². The lowest BCUT2D eigenvalue weighted by Gasteiger charge is -2.13. The molecule has 0 radical (unpaired) electrons. The maximum absolute atomic E-state index is 13.9. The summed E-state index contributed by atoms with van der Waals surface area (Å²) in [6.45, 7) is 5.66. The second-order valence-corrected chi connectivity index (χ2v) is 4.36. The monoisotopic (exact) mass is 284 g/mol. The molecule has 110 valence electrons. The number of nitrogens with zero attached hydrogens (tertiary/aromatic N) is 1. The zero-order valence-electron chi connectivity index (χ0n) is 11.6. The Morgan fingerprint density at radius 3 is 2.75 bits per heavy atom.